The molecule has 4 nitrogen and oxygen atoms in total. The predicted octanol–water partition coefficient (Wildman–Crippen LogP) is 0.921. The molecule has 0 spiro atoms. The fourth-order valence-electron chi connectivity index (χ4n) is 2.45. The second-order valence-electron chi connectivity index (χ2n) is 4.75. The minimum Gasteiger partial charge on any atom is -0.336 e. The molecule has 0 N–H and O–H groups in total. The molecule has 1 amide bonds. The van der Waals surface area contributed by atoms with Gasteiger partial charge in [0, 0.05) is 13.1 Å². The summed E-state index contributed by atoms with van der Waals surface area (Å²) in [5, 5.41) is 0. The highest BCUT2D eigenvalue weighted by Crippen LogP contribution is 2.21. The summed E-state index contributed by atoms with van der Waals surface area (Å²) in [6.45, 7) is -1.21. The van der Waals surface area contributed by atoms with Crippen LogP contribution in [0.1, 0.15) is 19.3 Å². The molecule has 0 saturated carbocycles. The van der Waals surface area contributed by atoms with Crippen LogP contribution >= 0.6 is 0 Å². The Bertz CT molecular complexity index is 283. The van der Waals surface area contributed by atoms with E-state index in [4.69, 9.17) is 0 Å². The van der Waals surface area contributed by atoms with Crippen LogP contribution in [-0.2, 0) is 9.53 Å². The summed E-state index contributed by atoms with van der Waals surface area (Å²) in [6.07, 6.45) is 2.56. The van der Waals surface area contributed by atoms with Crippen molar-refractivity contribution in [1.82, 2.24) is 9.80 Å². The Hall–Kier alpha value is -0.750. The first-order chi connectivity index (χ1) is 8.08. The second kappa shape index (κ2) is 5.27. The average Bonchev–Trinajstić information content (AvgIpc) is 2.22. The van der Waals surface area contributed by atoms with Gasteiger partial charge in [0.05, 0.1) is 12.1 Å². The number of amides is 1. The van der Waals surface area contributed by atoms with E-state index in [1.165, 1.54) is 0 Å². The molecule has 2 heterocycles. The number of carbonyl (C=O) groups is 1. The maximum absolute atomic E-state index is 12.1. The van der Waals surface area contributed by atoms with Crippen molar-refractivity contribution in [3.8, 4) is 0 Å². The molecular formula is C11H18F2N2O2. The van der Waals surface area contributed by atoms with Crippen LogP contribution in [0.15, 0.2) is 0 Å². The Morgan fingerprint density at radius 2 is 2.06 bits per heavy atom. The number of carbonyl (C=O) groups excluding carboxylic acids is 1. The number of hydrogen-bond acceptors (Lipinski definition) is 3. The lowest BCUT2D eigenvalue weighted by molar-refractivity contribution is -0.200. The van der Waals surface area contributed by atoms with Crippen molar-refractivity contribution in [2.24, 2.45) is 0 Å². The van der Waals surface area contributed by atoms with Gasteiger partial charge >= 0.3 is 6.61 Å². The van der Waals surface area contributed by atoms with E-state index in [0.717, 1.165) is 25.8 Å². The highest BCUT2D eigenvalue weighted by Gasteiger charge is 2.38. The number of hydrogen-bond donors (Lipinski definition) is 0. The summed E-state index contributed by atoms with van der Waals surface area (Å²) in [5.74, 6) is 0.0568. The molecule has 2 aliphatic rings. The monoisotopic (exact) mass is 248 g/mol. The first-order valence-electron chi connectivity index (χ1n) is 6.00. The van der Waals surface area contributed by atoms with E-state index < -0.39 is 12.7 Å². The highest BCUT2D eigenvalue weighted by molar-refractivity contribution is 5.82. The standard InChI is InChI=1S/C11H18F2N2O2/c1-14-5-3-2-4-9(14)10(16)15-6-8(7-15)17-11(12)13/h8-9,11H,2-7H2,1H3/t9-/m0/s1. The molecule has 1 atom stereocenters. The van der Waals surface area contributed by atoms with Crippen LogP contribution in [0.2, 0.25) is 0 Å². The minimum atomic E-state index is -2.74. The number of ether oxygens (including phenoxy) is 1. The van der Waals surface area contributed by atoms with Gasteiger partial charge in [-0.15, -0.1) is 0 Å². The van der Waals surface area contributed by atoms with Crippen LogP contribution in [0.25, 0.3) is 0 Å². The lowest BCUT2D eigenvalue weighted by atomic mass is 10.00. The van der Waals surface area contributed by atoms with Gasteiger partial charge < -0.3 is 9.64 Å². The van der Waals surface area contributed by atoms with Crippen molar-refractivity contribution < 1.29 is 18.3 Å². The molecule has 6 heteroatoms. The third kappa shape index (κ3) is 2.93. The Morgan fingerprint density at radius 3 is 2.65 bits per heavy atom. The number of halogens is 2. The molecule has 2 fully saturated rings. The zero-order valence-electron chi connectivity index (χ0n) is 9.94. The molecule has 98 valence electrons. The van der Waals surface area contributed by atoms with E-state index in [9.17, 15) is 13.6 Å². The van der Waals surface area contributed by atoms with Crippen molar-refractivity contribution in [2.75, 3.05) is 26.7 Å². The molecular weight excluding hydrogens is 230 g/mol. The third-order valence-corrected chi connectivity index (χ3v) is 3.51. The lowest BCUT2D eigenvalue weighted by Crippen LogP contribution is -2.60. The molecule has 17 heavy (non-hydrogen) atoms. The maximum atomic E-state index is 12.1. The van der Waals surface area contributed by atoms with E-state index in [1.807, 2.05) is 11.9 Å². The molecule has 0 radical (unpaired) electrons. The molecule has 2 aliphatic heterocycles. The summed E-state index contributed by atoms with van der Waals surface area (Å²) in [6, 6.07) is -0.0729. The highest BCUT2D eigenvalue weighted by atomic mass is 19.3. The number of alkyl halides is 2. The maximum Gasteiger partial charge on any atom is 0.345 e. The normalized spacial score (nSPS) is 27.3. The third-order valence-electron chi connectivity index (χ3n) is 3.51. The van der Waals surface area contributed by atoms with Crippen molar-refractivity contribution >= 4 is 5.91 Å². The van der Waals surface area contributed by atoms with E-state index in [0.29, 0.717) is 13.1 Å². The molecule has 0 aromatic carbocycles. The Balaban J connectivity index is 1.78. The first-order valence-corrected chi connectivity index (χ1v) is 6.00. The predicted molar refractivity (Wildman–Crippen MR) is 57.7 cm³/mol. The van der Waals surface area contributed by atoms with Gasteiger partial charge in [-0.25, -0.2) is 0 Å². The Morgan fingerprint density at radius 1 is 1.35 bits per heavy atom. The summed E-state index contributed by atoms with van der Waals surface area (Å²) in [5.41, 5.74) is 0. The topological polar surface area (TPSA) is 32.8 Å². The zero-order valence-corrected chi connectivity index (χ0v) is 9.94. The van der Waals surface area contributed by atoms with Gasteiger partial charge in [-0.3, -0.25) is 9.69 Å². The number of nitrogens with zero attached hydrogens (tertiary/aromatic N) is 2. The zero-order chi connectivity index (χ0) is 12.4. The summed E-state index contributed by atoms with van der Waals surface area (Å²) >= 11 is 0. The largest absolute Gasteiger partial charge is 0.345 e. The smallest absolute Gasteiger partial charge is 0.336 e. The van der Waals surface area contributed by atoms with E-state index in [-0.39, 0.29) is 11.9 Å². The van der Waals surface area contributed by atoms with E-state index in [2.05, 4.69) is 4.74 Å². The fraction of sp³-hybridized carbons (Fsp3) is 0.909. The van der Waals surface area contributed by atoms with Crippen LogP contribution in [0.4, 0.5) is 8.78 Å². The lowest BCUT2D eigenvalue weighted by Gasteiger charge is -2.43. The molecule has 0 aromatic rings. The Kier molecular flexibility index (Phi) is 3.93. The van der Waals surface area contributed by atoms with Gasteiger partial charge in [0.1, 0.15) is 0 Å². The van der Waals surface area contributed by atoms with Crippen LogP contribution in [0.3, 0.4) is 0 Å². The van der Waals surface area contributed by atoms with E-state index in [1.54, 1.807) is 4.90 Å². The summed E-state index contributed by atoms with van der Waals surface area (Å²) in [7, 11) is 1.94. The molecule has 0 bridgehead atoms. The van der Waals surface area contributed by atoms with Gasteiger partial charge in [0.25, 0.3) is 0 Å². The minimum absolute atomic E-state index is 0.0568. The van der Waals surface area contributed by atoms with Gasteiger partial charge in [-0.2, -0.15) is 8.78 Å². The van der Waals surface area contributed by atoms with Gasteiger partial charge in [0.15, 0.2) is 0 Å². The van der Waals surface area contributed by atoms with Crippen LogP contribution < -0.4 is 0 Å². The molecule has 0 aliphatic carbocycles. The molecule has 0 unspecified atom stereocenters. The first kappa shape index (κ1) is 12.7. The van der Waals surface area contributed by atoms with Crippen molar-refractivity contribution in [2.45, 2.75) is 38.0 Å². The van der Waals surface area contributed by atoms with Gasteiger partial charge in [-0.05, 0) is 26.4 Å². The quantitative estimate of drug-likeness (QED) is 0.744. The number of likely N-dealkylation sites (tertiary alicyclic amines) is 2. The molecule has 2 saturated heterocycles. The Labute approximate surface area is 99.5 Å². The van der Waals surface area contributed by atoms with Crippen molar-refractivity contribution in [3.63, 3.8) is 0 Å². The van der Waals surface area contributed by atoms with Crippen LogP contribution in [0, 0.1) is 0 Å². The molecule has 2 rings (SSSR count). The van der Waals surface area contributed by atoms with Crippen LogP contribution in [-0.4, -0.2) is 61.1 Å². The van der Waals surface area contributed by atoms with Gasteiger partial charge in [-0.1, -0.05) is 6.42 Å². The second-order valence-corrected chi connectivity index (χ2v) is 4.75. The number of likely N-dealkylation sites (N-methyl/N-ethyl adjacent to an activating group) is 1. The van der Waals surface area contributed by atoms with E-state index >= 15 is 0 Å². The van der Waals surface area contributed by atoms with Crippen molar-refractivity contribution in [3.05, 3.63) is 0 Å². The summed E-state index contributed by atoms with van der Waals surface area (Å²) in [4.78, 5) is 15.7. The van der Waals surface area contributed by atoms with Crippen molar-refractivity contribution in [1.29, 1.82) is 0 Å². The summed E-state index contributed by atoms with van der Waals surface area (Å²) < 4.78 is 28.2. The SMILES string of the molecule is CN1CCCC[C@H]1C(=O)N1CC(OC(F)F)C1. The average molecular weight is 248 g/mol. The number of rotatable bonds is 3. The van der Waals surface area contributed by atoms with Gasteiger partial charge in [0.2, 0.25) is 5.91 Å². The van der Waals surface area contributed by atoms with Crippen LogP contribution in [0.5, 0.6) is 0 Å². The number of piperidine rings is 1. The fourth-order valence-corrected chi connectivity index (χ4v) is 2.45. The molecule has 0 aromatic heterocycles.